The lowest BCUT2D eigenvalue weighted by Crippen LogP contribution is -2.58. The third-order valence-electron chi connectivity index (χ3n) is 6.03. The fraction of sp³-hybridized carbons (Fsp3) is 0.545. The maximum absolute atomic E-state index is 14.2. The van der Waals surface area contributed by atoms with Crippen LogP contribution < -0.4 is 5.73 Å². The molecule has 1 aromatic heterocycles. The first-order valence-electron chi connectivity index (χ1n) is 10.7. The van der Waals surface area contributed by atoms with Crippen molar-refractivity contribution in [3.05, 3.63) is 52.6 Å². The number of nitrogens with two attached hydrogens (primary N) is 1. The Morgan fingerprint density at radius 3 is 2.53 bits per heavy atom. The summed E-state index contributed by atoms with van der Waals surface area (Å²) >= 11 is 0. The number of halogens is 5. The average molecular weight is 490 g/mol. The second-order valence-corrected chi connectivity index (χ2v) is 8.17. The van der Waals surface area contributed by atoms with E-state index in [1.165, 1.54) is 0 Å². The van der Waals surface area contributed by atoms with Crippen molar-refractivity contribution >= 4 is 6.29 Å². The molecule has 0 aliphatic carbocycles. The van der Waals surface area contributed by atoms with Gasteiger partial charge in [0.05, 0.1) is 11.4 Å². The lowest BCUT2D eigenvalue weighted by Gasteiger charge is -2.44. The van der Waals surface area contributed by atoms with E-state index in [9.17, 15) is 26.7 Å². The van der Waals surface area contributed by atoms with Crippen LogP contribution in [0.2, 0.25) is 0 Å². The van der Waals surface area contributed by atoms with Gasteiger partial charge in [-0.25, -0.2) is 13.8 Å². The molecule has 12 heteroatoms. The lowest BCUT2D eigenvalue weighted by atomic mass is 9.89. The number of benzene rings is 1. The number of fused-ring (bicyclic) bond motifs is 1. The van der Waals surface area contributed by atoms with E-state index in [2.05, 4.69) is 9.72 Å². The molecule has 1 saturated heterocycles. The van der Waals surface area contributed by atoms with Crippen molar-refractivity contribution < 1.29 is 36.2 Å². The molecule has 2 aliphatic rings. The molecule has 3 heterocycles. The number of methoxy groups -OCH3 is 1. The molecule has 3 unspecified atom stereocenters. The van der Waals surface area contributed by atoms with Gasteiger partial charge in [-0.15, -0.1) is 0 Å². The number of aldehydes is 1. The Bertz CT molecular complexity index is 1010. The van der Waals surface area contributed by atoms with Gasteiger partial charge in [-0.3, -0.25) is 9.69 Å². The van der Waals surface area contributed by atoms with Crippen molar-refractivity contribution in [3.8, 4) is 0 Å². The summed E-state index contributed by atoms with van der Waals surface area (Å²) in [4.78, 5) is 16.7. The molecule has 4 rings (SSSR count). The van der Waals surface area contributed by atoms with Crippen LogP contribution in [-0.4, -0.2) is 58.8 Å². The van der Waals surface area contributed by atoms with Gasteiger partial charge in [0, 0.05) is 51.5 Å². The third-order valence-corrected chi connectivity index (χ3v) is 6.03. The standard InChI is InChI=1S/C19H19F5N4O2.C3H8O/c1-27-15-7-28(6-13(15)26-16(27)8-29)14-5-12(25)17(30-18(14)19(22,23)24)10-4-9(20)2-3-11(10)21;1-3-4-2/h2-4,8,12,14,17-18H,5-7,25H2,1H3;3H2,1-2H3/t12?,14?,17-,18?;/m1./s1. The van der Waals surface area contributed by atoms with Gasteiger partial charge in [-0.2, -0.15) is 13.2 Å². The second-order valence-electron chi connectivity index (χ2n) is 8.17. The molecule has 0 radical (unpaired) electrons. The fourth-order valence-corrected chi connectivity index (χ4v) is 4.26. The molecular weight excluding hydrogens is 463 g/mol. The first-order chi connectivity index (χ1) is 16.0. The summed E-state index contributed by atoms with van der Waals surface area (Å²) in [7, 11) is 3.30. The van der Waals surface area contributed by atoms with E-state index >= 15 is 0 Å². The number of imidazole rings is 1. The van der Waals surface area contributed by atoms with Crippen LogP contribution in [0.25, 0.3) is 0 Å². The zero-order valence-electron chi connectivity index (χ0n) is 19.0. The van der Waals surface area contributed by atoms with Crippen LogP contribution in [-0.2, 0) is 29.6 Å². The molecule has 1 aromatic carbocycles. The minimum absolute atomic E-state index is 0.101. The zero-order chi connectivity index (χ0) is 25.2. The van der Waals surface area contributed by atoms with Crippen LogP contribution in [0.5, 0.6) is 0 Å². The van der Waals surface area contributed by atoms with E-state index in [0.717, 1.165) is 24.8 Å². The molecule has 0 saturated carbocycles. The average Bonchev–Trinajstić information content (AvgIpc) is 3.33. The highest BCUT2D eigenvalue weighted by atomic mass is 19.4. The maximum atomic E-state index is 14.2. The molecule has 0 spiro atoms. The Labute approximate surface area is 193 Å². The van der Waals surface area contributed by atoms with E-state index in [0.29, 0.717) is 17.7 Å². The number of carbonyl (C=O) groups excluding carboxylic acids is 1. The van der Waals surface area contributed by atoms with Crippen molar-refractivity contribution in [1.82, 2.24) is 14.5 Å². The van der Waals surface area contributed by atoms with Crippen LogP contribution in [0.15, 0.2) is 18.2 Å². The van der Waals surface area contributed by atoms with Crippen LogP contribution in [0.1, 0.15) is 47.0 Å². The van der Waals surface area contributed by atoms with Crippen LogP contribution >= 0.6 is 0 Å². The van der Waals surface area contributed by atoms with E-state index in [1.54, 1.807) is 23.6 Å². The number of alkyl halides is 3. The monoisotopic (exact) mass is 490 g/mol. The van der Waals surface area contributed by atoms with Crippen molar-refractivity contribution in [2.45, 2.75) is 56.9 Å². The Morgan fingerprint density at radius 1 is 1.29 bits per heavy atom. The van der Waals surface area contributed by atoms with Crippen LogP contribution in [0.4, 0.5) is 22.0 Å². The van der Waals surface area contributed by atoms with Crippen LogP contribution in [0.3, 0.4) is 0 Å². The summed E-state index contributed by atoms with van der Waals surface area (Å²) in [6.07, 6.45) is -7.99. The maximum Gasteiger partial charge on any atom is 0.416 e. The van der Waals surface area contributed by atoms with Crippen LogP contribution in [0, 0.1) is 11.6 Å². The molecule has 2 aliphatic heterocycles. The van der Waals surface area contributed by atoms with E-state index in [-0.39, 0.29) is 30.9 Å². The van der Waals surface area contributed by atoms with Crippen molar-refractivity contribution in [2.24, 2.45) is 12.8 Å². The SMILES string of the molecule is CCOC.Cn1c(C=O)nc2c1CN(C1CC(N)[C@@H](c3cc(F)ccc3F)OC1C(F)(F)F)C2. The number of aromatic nitrogens is 2. The molecule has 2 aromatic rings. The highest BCUT2D eigenvalue weighted by molar-refractivity contribution is 5.70. The molecule has 2 N–H and O–H groups in total. The van der Waals surface area contributed by atoms with Crippen molar-refractivity contribution in [2.75, 3.05) is 13.7 Å². The quantitative estimate of drug-likeness (QED) is 0.524. The lowest BCUT2D eigenvalue weighted by molar-refractivity contribution is -0.269. The smallest absolute Gasteiger partial charge is 0.385 e. The number of ether oxygens (including phenoxy) is 2. The molecular formula is C22H27F5N4O3. The molecule has 188 valence electrons. The highest BCUT2D eigenvalue weighted by Crippen LogP contribution is 2.42. The Morgan fingerprint density at radius 2 is 1.97 bits per heavy atom. The number of rotatable bonds is 4. The summed E-state index contributed by atoms with van der Waals surface area (Å²) in [6.45, 7) is 3.02. The first kappa shape index (κ1) is 26.2. The molecule has 34 heavy (non-hydrogen) atoms. The van der Waals surface area contributed by atoms with Gasteiger partial charge in [0.15, 0.2) is 18.2 Å². The minimum atomic E-state index is -4.75. The topological polar surface area (TPSA) is 82.6 Å². The van der Waals surface area contributed by atoms with E-state index in [1.807, 2.05) is 6.92 Å². The predicted octanol–water partition coefficient (Wildman–Crippen LogP) is 3.27. The van der Waals surface area contributed by atoms with Gasteiger partial charge in [-0.05, 0) is 31.5 Å². The fourth-order valence-electron chi connectivity index (χ4n) is 4.26. The summed E-state index contributed by atoms with van der Waals surface area (Å²) < 4.78 is 80.7. The van der Waals surface area contributed by atoms with Gasteiger partial charge in [0.25, 0.3) is 0 Å². The van der Waals surface area contributed by atoms with Gasteiger partial charge in [-0.1, -0.05) is 0 Å². The number of carbonyl (C=O) groups is 1. The minimum Gasteiger partial charge on any atom is -0.385 e. The van der Waals surface area contributed by atoms with Crippen molar-refractivity contribution in [1.29, 1.82) is 0 Å². The number of nitrogens with zero attached hydrogens (tertiary/aromatic N) is 3. The first-order valence-corrected chi connectivity index (χ1v) is 10.7. The summed E-state index contributed by atoms with van der Waals surface area (Å²) in [5.74, 6) is -1.47. The number of hydrogen-bond donors (Lipinski definition) is 1. The molecule has 1 fully saturated rings. The molecule has 7 nitrogen and oxygen atoms in total. The zero-order valence-corrected chi connectivity index (χ0v) is 19.0. The predicted molar refractivity (Wildman–Crippen MR) is 112 cm³/mol. The Hall–Kier alpha value is -2.41. The van der Waals surface area contributed by atoms with Gasteiger partial charge >= 0.3 is 6.18 Å². The number of hydrogen-bond acceptors (Lipinski definition) is 6. The van der Waals surface area contributed by atoms with Gasteiger partial charge in [0.1, 0.15) is 17.7 Å². The van der Waals surface area contributed by atoms with E-state index < -0.39 is 42.1 Å². The molecule has 4 atom stereocenters. The normalized spacial score (nSPS) is 25.0. The summed E-state index contributed by atoms with van der Waals surface area (Å²) in [5, 5.41) is 0. The second kappa shape index (κ2) is 10.5. The Kier molecular flexibility index (Phi) is 8.06. The van der Waals surface area contributed by atoms with Crippen molar-refractivity contribution in [3.63, 3.8) is 0 Å². The van der Waals surface area contributed by atoms with E-state index in [4.69, 9.17) is 10.5 Å². The van der Waals surface area contributed by atoms with Gasteiger partial charge < -0.3 is 19.8 Å². The van der Waals surface area contributed by atoms with Gasteiger partial charge in [0.2, 0.25) is 0 Å². The summed E-state index contributed by atoms with van der Waals surface area (Å²) in [5.41, 5.74) is 6.90. The molecule has 0 amide bonds. The molecule has 0 bridgehead atoms. The largest absolute Gasteiger partial charge is 0.416 e. The third kappa shape index (κ3) is 5.29. The highest BCUT2D eigenvalue weighted by Gasteiger charge is 2.54. The summed E-state index contributed by atoms with van der Waals surface area (Å²) in [6, 6.07) is 0.403. The Balaban J connectivity index is 0.000000751.